The number of aromatic hydroxyl groups is 1. The van der Waals surface area contributed by atoms with E-state index in [4.69, 9.17) is 10.2 Å². The average molecular weight is 286 g/mol. The quantitative estimate of drug-likeness (QED) is 0.481. The van der Waals surface area contributed by atoms with Gasteiger partial charge in [0, 0.05) is 31.4 Å². The van der Waals surface area contributed by atoms with Crippen molar-refractivity contribution in [1.82, 2.24) is 9.47 Å². The van der Waals surface area contributed by atoms with Crippen molar-refractivity contribution in [2.45, 2.75) is 26.6 Å². The monoisotopic (exact) mass is 286 g/mol. The zero-order chi connectivity index (χ0) is 15.1. The predicted octanol–water partition coefficient (Wildman–Crippen LogP) is -1.15. The van der Waals surface area contributed by atoms with Crippen LogP contribution in [0, 0.1) is 0 Å². The van der Waals surface area contributed by atoms with Crippen LogP contribution in [0.15, 0.2) is 10.9 Å². The first-order valence-electron chi connectivity index (χ1n) is 6.58. The summed E-state index contributed by atoms with van der Waals surface area (Å²) in [6.07, 6.45) is 0. The molecule has 0 aromatic carbocycles. The van der Waals surface area contributed by atoms with Crippen LogP contribution in [0.5, 0.6) is 5.75 Å². The lowest BCUT2D eigenvalue weighted by Gasteiger charge is -2.24. The zero-order valence-electron chi connectivity index (χ0n) is 11.6. The van der Waals surface area contributed by atoms with Gasteiger partial charge in [-0.3, -0.25) is 9.69 Å². The summed E-state index contributed by atoms with van der Waals surface area (Å²) in [5.41, 5.74) is 0.126. The molecule has 1 rings (SSSR count). The Hall–Kier alpha value is -1.41. The van der Waals surface area contributed by atoms with Crippen LogP contribution in [0.25, 0.3) is 0 Å². The summed E-state index contributed by atoms with van der Waals surface area (Å²) in [6, 6.07) is 1.16. The molecule has 7 heteroatoms. The fourth-order valence-corrected chi connectivity index (χ4v) is 2.11. The normalized spacial score (nSPS) is 11.2. The Balaban J connectivity index is 3.26. The van der Waals surface area contributed by atoms with Crippen LogP contribution in [-0.2, 0) is 19.7 Å². The van der Waals surface area contributed by atoms with Crippen molar-refractivity contribution >= 4 is 0 Å². The molecule has 114 valence electrons. The number of aliphatic hydroxyl groups excluding tert-OH is 3. The first kappa shape index (κ1) is 16.6. The second-order valence-electron chi connectivity index (χ2n) is 4.42. The van der Waals surface area contributed by atoms with E-state index >= 15 is 0 Å². The van der Waals surface area contributed by atoms with Gasteiger partial charge in [0.05, 0.1) is 25.5 Å². The van der Waals surface area contributed by atoms with E-state index in [-0.39, 0.29) is 38.7 Å². The van der Waals surface area contributed by atoms with Crippen LogP contribution in [0.1, 0.15) is 18.3 Å². The van der Waals surface area contributed by atoms with Crippen LogP contribution in [0.2, 0.25) is 0 Å². The number of pyridine rings is 1. The minimum atomic E-state index is -0.557. The Morgan fingerprint density at radius 3 is 2.45 bits per heavy atom. The van der Waals surface area contributed by atoms with E-state index in [1.165, 1.54) is 4.57 Å². The second-order valence-corrected chi connectivity index (χ2v) is 4.42. The molecular weight excluding hydrogens is 264 g/mol. The molecule has 0 spiro atoms. The fraction of sp³-hybridized carbons (Fsp3) is 0.615. The topological polar surface area (TPSA) is 106 Å². The average Bonchev–Trinajstić information content (AvgIpc) is 2.45. The molecule has 7 nitrogen and oxygen atoms in total. The molecule has 0 bridgehead atoms. The van der Waals surface area contributed by atoms with Crippen molar-refractivity contribution in [3.05, 3.63) is 27.7 Å². The maximum atomic E-state index is 11.7. The van der Waals surface area contributed by atoms with Gasteiger partial charge in [0.2, 0.25) is 5.43 Å². The van der Waals surface area contributed by atoms with Gasteiger partial charge in [0.1, 0.15) is 0 Å². The molecule has 0 saturated heterocycles. The summed E-state index contributed by atoms with van der Waals surface area (Å²) < 4.78 is 1.54. The number of hydrogen-bond acceptors (Lipinski definition) is 6. The number of aliphatic hydroxyl groups is 3. The lowest BCUT2D eigenvalue weighted by atomic mass is 10.2. The van der Waals surface area contributed by atoms with E-state index in [2.05, 4.69) is 0 Å². The Kier molecular flexibility index (Phi) is 6.66. The zero-order valence-corrected chi connectivity index (χ0v) is 11.6. The highest BCUT2D eigenvalue weighted by molar-refractivity contribution is 5.30. The van der Waals surface area contributed by atoms with Gasteiger partial charge in [0.25, 0.3) is 0 Å². The molecule has 0 saturated carbocycles. The van der Waals surface area contributed by atoms with Gasteiger partial charge in [-0.25, -0.2) is 0 Å². The third-order valence-corrected chi connectivity index (χ3v) is 3.20. The number of aromatic nitrogens is 1. The van der Waals surface area contributed by atoms with Gasteiger partial charge >= 0.3 is 0 Å². The Bertz CT molecular complexity index is 486. The van der Waals surface area contributed by atoms with Gasteiger partial charge in [-0.2, -0.15) is 0 Å². The van der Waals surface area contributed by atoms with Gasteiger partial charge in [-0.05, 0) is 6.54 Å². The van der Waals surface area contributed by atoms with Crippen LogP contribution in [-0.4, -0.2) is 56.2 Å². The van der Waals surface area contributed by atoms with Crippen molar-refractivity contribution in [1.29, 1.82) is 0 Å². The fourth-order valence-electron chi connectivity index (χ4n) is 2.11. The summed E-state index contributed by atoms with van der Waals surface area (Å²) in [6.45, 7) is 2.82. The first-order chi connectivity index (χ1) is 9.58. The summed E-state index contributed by atoms with van der Waals surface area (Å²) in [7, 11) is 0. The smallest absolute Gasteiger partial charge is 0.223 e. The highest BCUT2D eigenvalue weighted by atomic mass is 16.3. The number of rotatable bonds is 8. The van der Waals surface area contributed by atoms with Gasteiger partial charge in [-0.15, -0.1) is 0 Å². The van der Waals surface area contributed by atoms with Gasteiger partial charge < -0.3 is 25.0 Å². The molecule has 0 fully saturated rings. The van der Waals surface area contributed by atoms with Gasteiger partial charge in [0.15, 0.2) is 5.75 Å². The highest BCUT2D eigenvalue weighted by Crippen LogP contribution is 2.17. The molecule has 0 amide bonds. The molecule has 1 aromatic heterocycles. The van der Waals surface area contributed by atoms with Crippen LogP contribution >= 0.6 is 0 Å². The molecule has 0 aliphatic heterocycles. The van der Waals surface area contributed by atoms with Crippen LogP contribution in [0.3, 0.4) is 0 Å². The summed E-state index contributed by atoms with van der Waals surface area (Å²) in [5, 5.41) is 37.3. The van der Waals surface area contributed by atoms with Crippen molar-refractivity contribution < 1.29 is 20.4 Å². The van der Waals surface area contributed by atoms with E-state index in [1.807, 2.05) is 11.8 Å². The van der Waals surface area contributed by atoms with Crippen LogP contribution in [0.4, 0.5) is 0 Å². The summed E-state index contributed by atoms with van der Waals surface area (Å²) >= 11 is 0. The van der Waals surface area contributed by atoms with Crippen molar-refractivity contribution in [2.24, 2.45) is 0 Å². The number of nitrogens with zero attached hydrogens (tertiary/aromatic N) is 2. The molecule has 0 unspecified atom stereocenters. The van der Waals surface area contributed by atoms with Crippen LogP contribution < -0.4 is 5.43 Å². The lowest BCUT2D eigenvalue weighted by Crippen LogP contribution is -2.30. The Morgan fingerprint density at radius 1 is 1.25 bits per heavy atom. The minimum absolute atomic E-state index is 0.0292. The molecule has 1 heterocycles. The number of hydrogen-bond donors (Lipinski definition) is 4. The SMILES string of the molecule is CCN(CCO)Cc1c(O)c(=O)cc(CO)n1CCO. The van der Waals surface area contributed by atoms with E-state index in [1.54, 1.807) is 0 Å². The van der Waals surface area contributed by atoms with Gasteiger partial charge in [-0.1, -0.05) is 6.92 Å². The standard InChI is InChI=1S/C13H22N2O5/c1-2-14(3-5-16)8-11-13(20)12(19)7-10(9-18)15(11)4-6-17/h7,16-18,20H,2-6,8-9H2,1H3. The molecule has 20 heavy (non-hydrogen) atoms. The summed E-state index contributed by atoms with van der Waals surface area (Å²) in [4.78, 5) is 13.5. The van der Waals surface area contributed by atoms with Crippen molar-refractivity contribution in [3.8, 4) is 5.75 Å². The molecule has 4 N–H and O–H groups in total. The largest absolute Gasteiger partial charge is 0.503 e. The maximum absolute atomic E-state index is 11.7. The maximum Gasteiger partial charge on any atom is 0.223 e. The Morgan fingerprint density at radius 2 is 1.95 bits per heavy atom. The molecule has 0 atom stereocenters. The molecule has 0 aliphatic carbocycles. The lowest BCUT2D eigenvalue weighted by molar-refractivity contribution is 0.187. The highest BCUT2D eigenvalue weighted by Gasteiger charge is 2.16. The Labute approximate surface area is 117 Å². The first-order valence-corrected chi connectivity index (χ1v) is 6.58. The molecule has 1 aromatic rings. The van der Waals surface area contributed by atoms with E-state index in [0.717, 1.165) is 6.07 Å². The third kappa shape index (κ3) is 3.80. The molecular formula is C13H22N2O5. The van der Waals surface area contributed by atoms with E-state index in [9.17, 15) is 15.0 Å². The number of likely N-dealkylation sites (N-methyl/N-ethyl adjacent to an activating group) is 1. The third-order valence-electron chi connectivity index (χ3n) is 3.20. The van der Waals surface area contributed by atoms with E-state index < -0.39 is 5.43 Å². The van der Waals surface area contributed by atoms with Crippen molar-refractivity contribution in [3.63, 3.8) is 0 Å². The van der Waals surface area contributed by atoms with E-state index in [0.29, 0.717) is 24.5 Å². The van der Waals surface area contributed by atoms with Crippen molar-refractivity contribution in [2.75, 3.05) is 26.3 Å². The summed E-state index contributed by atoms with van der Waals surface area (Å²) in [5.74, 6) is -0.382. The molecule has 0 aliphatic rings. The molecule has 0 radical (unpaired) electrons. The second kappa shape index (κ2) is 8.01. The predicted molar refractivity (Wildman–Crippen MR) is 73.4 cm³/mol. The minimum Gasteiger partial charge on any atom is -0.503 e.